The zero-order chi connectivity index (χ0) is 22.8. The molecule has 1 saturated carbocycles. The molecule has 0 aliphatic heterocycles. The maximum absolute atomic E-state index is 13.0. The highest BCUT2D eigenvalue weighted by Gasteiger charge is 2.29. The van der Waals surface area contributed by atoms with Crippen LogP contribution in [0.4, 0.5) is 11.4 Å². The number of rotatable bonds is 7. The molecule has 166 valence electrons. The predicted molar refractivity (Wildman–Crippen MR) is 127 cm³/mol. The number of nitrogens with one attached hydrogen (secondary N) is 2. The Morgan fingerprint density at radius 2 is 1.78 bits per heavy atom. The Bertz CT molecular complexity index is 1210. The monoisotopic (exact) mass is 450 g/mol. The fraction of sp³-hybridized carbons (Fsp3) is 0.292. The molecule has 0 radical (unpaired) electrons. The van der Waals surface area contributed by atoms with Crippen LogP contribution >= 0.6 is 11.8 Å². The molecule has 1 aliphatic carbocycles. The van der Waals surface area contributed by atoms with Crippen LogP contribution in [-0.4, -0.2) is 26.4 Å². The minimum atomic E-state index is -0.437. The lowest BCUT2D eigenvalue weighted by Crippen LogP contribution is -2.27. The van der Waals surface area contributed by atoms with Crippen LogP contribution in [0.3, 0.4) is 0 Å². The third-order valence-corrected chi connectivity index (χ3v) is 6.63. The topological polar surface area (TPSA) is 85.1 Å². The van der Waals surface area contributed by atoms with Gasteiger partial charge in [-0.2, -0.15) is 0 Å². The van der Waals surface area contributed by atoms with Gasteiger partial charge in [-0.1, -0.05) is 24.3 Å². The van der Waals surface area contributed by atoms with E-state index in [9.17, 15) is 14.4 Å². The molecule has 2 amide bonds. The Labute approximate surface area is 190 Å². The van der Waals surface area contributed by atoms with Gasteiger partial charge >= 0.3 is 0 Å². The van der Waals surface area contributed by atoms with E-state index in [-0.39, 0.29) is 29.0 Å². The number of hydrogen-bond acceptors (Lipinski definition) is 4. The van der Waals surface area contributed by atoms with Gasteiger partial charge in [-0.3, -0.25) is 19.1 Å². The molecule has 1 aliphatic rings. The highest BCUT2D eigenvalue weighted by Crippen LogP contribution is 2.31. The van der Waals surface area contributed by atoms with Crippen LogP contribution in [0.15, 0.2) is 64.3 Å². The number of carbonyl (C=O) groups excluding carboxylic acids is 2. The summed E-state index contributed by atoms with van der Waals surface area (Å²) in [6.45, 7) is 3.60. The van der Waals surface area contributed by atoms with Crippen molar-refractivity contribution in [2.75, 3.05) is 10.6 Å². The Hall–Kier alpha value is -3.26. The molecule has 2 aromatic carbocycles. The summed E-state index contributed by atoms with van der Waals surface area (Å²) in [7, 11) is 1.79. The molecule has 3 aromatic rings. The SMILES string of the molecule is Cc1c(NC(=O)C(C)Sc2cccc(NC(=O)C3CC3)c2)c(=O)n(-c2ccccc2)n1C. The highest BCUT2D eigenvalue weighted by atomic mass is 32.2. The van der Waals surface area contributed by atoms with Crippen LogP contribution in [0.5, 0.6) is 0 Å². The molecule has 0 saturated heterocycles. The predicted octanol–water partition coefficient (Wildman–Crippen LogP) is 3.95. The summed E-state index contributed by atoms with van der Waals surface area (Å²) in [5.41, 5.74) is 2.14. The van der Waals surface area contributed by atoms with Gasteiger partial charge in [-0.05, 0) is 57.0 Å². The van der Waals surface area contributed by atoms with Crippen LogP contribution in [-0.2, 0) is 16.6 Å². The maximum atomic E-state index is 13.0. The van der Waals surface area contributed by atoms with Crippen molar-refractivity contribution in [3.05, 3.63) is 70.6 Å². The summed E-state index contributed by atoms with van der Waals surface area (Å²) in [4.78, 5) is 38.8. The van der Waals surface area contributed by atoms with E-state index in [4.69, 9.17) is 0 Å². The molecule has 7 nitrogen and oxygen atoms in total. The summed E-state index contributed by atoms with van der Waals surface area (Å²) in [6.07, 6.45) is 1.89. The van der Waals surface area contributed by atoms with Gasteiger partial charge in [0.2, 0.25) is 11.8 Å². The second-order valence-corrected chi connectivity index (χ2v) is 9.39. The summed E-state index contributed by atoms with van der Waals surface area (Å²) >= 11 is 1.38. The normalized spacial score (nSPS) is 14.1. The largest absolute Gasteiger partial charge is 0.326 e. The van der Waals surface area contributed by atoms with Crippen molar-refractivity contribution in [1.82, 2.24) is 9.36 Å². The van der Waals surface area contributed by atoms with E-state index in [1.54, 1.807) is 25.6 Å². The van der Waals surface area contributed by atoms with Gasteiger partial charge in [0, 0.05) is 23.5 Å². The molecule has 1 fully saturated rings. The van der Waals surface area contributed by atoms with Crippen molar-refractivity contribution < 1.29 is 9.59 Å². The molecule has 0 bridgehead atoms. The van der Waals surface area contributed by atoms with E-state index >= 15 is 0 Å². The average molecular weight is 451 g/mol. The number of carbonyl (C=O) groups is 2. The third-order valence-electron chi connectivity index (χ3n) is 5.53. The molecular weight excluding hydrogens is 424 g/mol. The number of nitrogens with zero attached hydrogens (tertiary/aromatic N) is 2. The lowest BCUT2D eigenvalue weighted by atomic mass is 10.3. The van der Waals surface area contributed by atoms with E-state index in [0.717, 1.165) is 29.1 Å². The van der Waals surface area contributed by atoms with Gasteiger partial charge in [-0.25, -0.2) is 4.68 Å². The lowest BCUT2D eigenvalue weighted by Gasteiger charge is -2.12. The molecular formula is C24H26N4O3S. The van der Waals surface area contributed by atoms with E-state index in [1.807, 2.05) is 54.6 Å². The zero-order valence-corrected chi connectivity index (χ0v) is 19.1. The van der Waals surface area contributed by atoms with Gasteiger partial charge in [-0.15, -0.1) is 11.8 Å². The second kappa shape index (κ2) is 9.08. The molecule has 1 atom stereocenters. The Balaban J connectivity index is 1.47. The molecule has 1 heterocycles. The number of thioether (sulfide) groups is 1. The number of anilines is 2. The van der Waals surface area contributed by atoms with Gasteiger partial charge in [0.1, 0.15) is 5.69 Å². The van der Waals surface area contributed by atoms with Gasteiger partial charge in [0.15, 0.2) is 0 Å². The fourth-order valence-electron chi connectivity index (χ4n) is 3.43. The third kappa shape index (κ3) is 4.65. The van der Waals surface area contributed by atoms with Gasteiger partial charge < -0.3 is 10.6 Å². The summed E-state index contributed by atoms with van der Waals surface area (Å²) in [5.74, 6) is -0.0781. The van der Waals surface area contributed by atoms with E-state index < -0.39 is 5.25 Å². The number of amides is 2. The van der Waals surface area contributed by atoms with Crippen molar-refractivity contribution in [1.29, 1.82) is 0 Å². The number of benzene rings is 2. The second-order valence-electron chi connectivity index (χ2n) is 7.98. The number of para-hydroxylation sites is 1. The van der Waals surface area contributed by atoms with Crippen molar-refractivity contribution in [3.8, 4) is 5.69 Å². The molecule has 32 heavy (non-hydrogen) atoms. The Morgan fingerprint density at radius 1 is 1.06 bits per heavy atom. The quantitative estimate of drug-likeness (QED) is 0.534. The first-order chi connectivity index (χ1) is 15.3. The molecule has 4 rings (SSSR count). The Kier molecular flexibility index (Phi) is 6.23. The molecule has 1 aromatic heterocycles. The van der Waals surface area contributed by atoms with Crippen molar-refractivity contribution in [3.63, 3.8) is 0 Å². The summed E-state index contributed by atoms with van der Waals surface area (Å²) in [6, 6.07) is 16.8. The Morgan fingerprint density at radius 3 is 2.47 bits per heavy atom. The minimum absolute atomic E-state index is 0.0483. The van der Waals surface area contributed by atoms with Crippen LogP contribution < -0.4 is 16.2 Å². The van der Waals surface area contributed by atoms with Gasteiger partial charge in [0.05, 0.1) is 16.6 Å². The first kappa shape index (κ1) is 22.0. The summed E-state index contributed by atoms with van der Waals surface area (Å²) in [5, 5.41) is 5.31. The fourth-order valence-corrected chi connectivity index (χ4v) is 4.36. The maximum Gasteiger partial charge on any atom is 0.295 e. The minimum Gasteiger partial charge on any atom is -0.326 e. The standard InChI is InChI=1S/C24H26N4O3S/c1-15-21(24(31)28(27(15)3)19-9-5-4-6-10-19)26-22(29)16(2)32-20-11-7-8-18(14-20)25-23(30)17-12-13-17/h4-11,14,16-17H,12-13H2,1-3H3,(H,25,30)(H,26,29). The average Bonchev–Trinajstić information content (AvgIpc) is 3.60. The van der Waals surface area contributed by atoms with Crippen LogP contribution in [0.2, 0.25) is 0 Å². The van der Waals surface area contributed by atoms with Crippen molar-refractivity contribution >= 4 is 35.0 Å². The zero-order valence-electron chi connectivity index (χ0n) is 18.3. The van der Waals surface area contributed by atoms with Crippen molar-refractivity contribution in [2.45, 2.75) is 36.8 Å². The summed E-state index contributed by atoms with van der Waals surface area (Å²) < 4.78 is 3.27. The van der Waals surface area contributed by atoms with Crippen LogP contribution in [0, 0.1) is 12.8 Å². The molecule has 0 spiro atoms. The first-order valence-electron chi connectivity index (χ1n) is 10.6. The van der Waals surface area contributed by atoms with E-state index in [2.05, 4.69) is 10.6 Å². The van der Waals surface area contributed by atoms with E-state index in [1.165, 1.54) is 16.4 Å². The molecule has 2 N–H and O–H groups in total. The van der Waals surface area contributed by atoms with Crippen LogP contribution in [0.25, 0.3) is 5.69 Å². The van der Waals surface area contributed by atoms with Gasteiger partial charge in [0.25, 0.3) is 5.56 Å². The number of aromatic nitrogens is 2. The van der Waals surface area contributed by atoms with Crippen molar-refractivity contribution in [2.24, 2.45) is 13.0 Å². The smallest absolute Gasteiger partial charge is 0.295 e. The number of hydrogen-bond donors (Lipinski definition) is 2. The molecule has 1 unspecified atom stereocenters. The van der Waals surface area contributed by atoms with E-state index in [0.29, 0.717) is 5.69 Å². The first-order valence-corrected chi connectivity index (χ1v) is 11.5. The lowest BCUT2D eigenvalue weighted by molar-refractivity contribution is -0.117. The highest BCUT2D eigenvalue weighted by molar-refractivity contribution is 8.00. The van der Waals surface area contributed by atoms with Crippen LogP contribution in [0.1, 0.15) is 25.5 Å². The molecule has 8 heteroatoms.